The topological polar surface area (TPSA) is 94.7 Å². The van der Waals surface area contributed by atoms with E-state index in [4.69, 9.17) is 43.8 Å². The van der Waals surface area contributed by atoms with Gasteiger partial charge in [-0.1, -0.05) is 23.8 Å². The Labute approximate surface area is 182 Å². The molecule has 8 heteroatoms. The molecule has 4 rings (SSSR count). The van der Waals surface area contributed by atoms with Crippen LogP contribution in [0, 0.1) is 27.2 Å². The van der Waals surface area contributed by atoms with Gasteiger partial charge in [-0.15, -0.1) is 0 Å². The molecule has 2 aromatic carbocycles. The van der Waals surface area contributed by atoms with E-state index in [0.29, 0.717) is 16.5 Å². The predicted molar refractivity (Wildman–Crippen MR) is 118 cm³/mol. The molecule has 0 bridgehead atoms. The molecule has 148 valence electrons. The first-order valence-electron chi connectivity index (χ1n) is 8.77. The maximum Gasteiger partial charge on any atom is 0.174 e. The number of aromatic nitrogens is 2. The number of halogens is 1. The van der Waals surface area contributed by atoms with Gasteiger partial charge in [0.05, 0.1) is 10.5 Å². The number of benzene rings is 2. The molecule has 0 aliphatic carbocycles. The average Bonchev–Trinajstić information content (AvgIpc) is 2.77. The molecule has 0 aliphatic rings. The van der Waals surface area contributed by atoms with Crippen molar-refractivity contribution < 1.29 is 9.47 Å². The summed E-state index contributed by atoms with van der Waals surface area (Å²) >= 11 is 11.2. The lowest BCUT2D eigenvalue weighted by molar-refractivity contribution is 0.368. The molecule has 0 fully saturated rings. The average molecular weight is 435 g/mol. The van der Waals surface area contributed by atoms with E-state index < -0.39 is 0 Å². The van der Waals surface area contributed by atoms with Crippen LogP contribution in [0.15, 0.2) is 60.9 Å². The summed E-state index contributed by atoms with van der Waals surface area (Å²) in [5.74, 6) is 1.29. The van der Waals surface area contributed by atoms with Crippen LogP contribution in [-0.2, 0) is 0 Å². The number of nitrogens with one attached hydrogen (secondary N) is 1. The highest BCUT2D eigenvalue weighted by atomic mass is 35.5. The molecule has 2 heterocycles. The Hall–Kier alpha value is -3.65. The fourth-order valence-corrected chi connectivity index (χ4v) is 3.10. The molecule has 0 aliphatic heterocycles. The number of fused-ring (bicyclic) bond motifs is 2. The van der Waals surface area contributed by atoms with Gasteiger partial charge in [0, 0.05) is 33.2 Å². The molecule has 0 atom stereocenters. The van der Waals surface area contributed by atoms with Crippen LogP contribution in [0.3, 0.4) is 0 Å². The second kappa shape index (κ2) is 10.2. The van der Waals surface area contributed by atoms with Crippen molar-refractivity contribution in [3.63, 3.8) is 0 Å². The van der Waals surface area contributed by atoms with Crippen LogP contribution < -0.4 is 9.47 Å². The van der Waals surface area contributed by atoms with Crippen LogP contribution >= 0.6 is 23.8 Å². The summed E-state index contributed by atoms with van der Waals surface area (Å²) in [4.78, 5) is 7.25. The van der Waals surface area contributed by atoms with Crippen molar-refractivity contribution in [2.24, 2.45) is 0 Å². The van der Waals surface area contributed by atoms with E-state index in [0.717, 1.165) is 26.3 Å². The van der Waals surface area contributed by atoms with Crippen LogP contribution in [0.1, 0.15) is 0 Å². The quantitative estimate of drug-likeness (QED) is 0.420. The first-order chi connectivity index (χ1) is 14.6. The Bertz CT molecular complexity index is 1320. The van der Waals surface area contributed by atoms with Gasteiger partial charge in [-0.3, -0.25) is 4.98 Å². The standard InChI is InChI=1S/C11H7ClN2O.C11H8N2OS/c12-10-3-5-14-11-2-1-8(7-9(10)11)15-6-4-13;12-4-6-14-8-1-2-10-9(7-8)11(15)3-5-13-10/h1-3,5,7H,6H2;1-3,5,7H,6H2,(H,13,15). The normalized spacial score (nSPS) is 9.83. The van der Waals surface area contributed by atoms with E-state index in [-0.39, 0.29) is 13.2 Å². The Morgan fingerprint density at radius 3 is 2.30 bits per heavy atom. The number of hydrogen-bond acceptors (Lipinski definition) is 6. The highest BCUT2D eigenvalue weighted by molar-refractivity contribution is 7.71. The predicted octanol–water partition coefficient (Wildman–Crippen LogP) is 5.59. The largest absolute Gasteiger partial charge is 0.479 e. The van der Waals surface area contributed by atoms with Crippen LogP contribution in [0.5, 0.6) is 11.5 Å². The number of aromatic amines is 1. The van der Waals surface area contributed by atoms with Gasteiger partial charge in [0.1, 0.15) is 23.6 Å². The number of ether oxygens (including phenoxy) is 2. The van der Waals surface area contributed by atoms with Gasteiger partial charge in [0.15, 0.2) is 13.2 Å². The summed E-state index contributed by atoms with van der Waals surface area (Å²) in [6.45, 7) is 0.0816. The zero-order valence-corrected chi connectivity index (χ0v) is 17.2. The molecule has 0 saturated carbocycles. The van der Waals surface area contributed by atoms with E-state index in [1.807, 2.05) is 42.5 Å². The number of H-pyrrole nitrogens is 1. The van der Waals surface area contributed by atoms with Gasteiger partial charge in [-0.05, 0) is 48.5 Å². The Morgan fingerprint density at radius 2 is 1.60 bits per heavy atom. The lowest BCUT2D eigenvalue weighted by Crippen LogP contribution is -1.93. The fraction of sp³-hybridized carbons (Fsp3) is 0.0909. The second-order valence-electron chi connectivity index (χ2n) is 5.91. The lowest BCUT2D eigenvalue weighted by atomic mass is 10.2. The lowest BCUT2D eigenvalue weighted by Gasteiger charge is -2.03. The third-order valence-corrected chi connectivity index (χ3v) is 4.68. The third kappa shape index (κ3) is 5.24. The highest BCUT2D eigenvalue weighted by Crippen LogP contribution is 2.25. The van der Waals surface area contributed by atoms with Gasteiger partial charge < -0.3 is 14.5 Å². The fourth-order valence-electron chi connectivity index (χ4n) is 2.65. The smallest absolute Gasteiger partial charge is 0.174 e. The number of rotatable bonds is 4. The summed E-state index contributed by atoms with van der Waals surface area (Å²) in [7, 11) is 0. The summed E-state index contributed by atoms with van der Waals surface area (Å²) in [6.07, 6.45) is 3.46. The SMILES string of the molecule is N#CCOc1ccc2[nH]ccc(=S)c2c1.N#CCOc1ccc2nccc(Cl)c2c1. The van der Waals surface area contributed by atoms with Gasteiger partial charge >= 0.3 is 0 Å². The van der Waals surface area contributed by atoms with E-state index in [1.54, 1.807) is 30.6 Å². The number of pyridine rings is 2. The van der Waals surface area contributed by atoms with Gasteiger partial charge in [0.25, 0.3) is 0 Å². The van der Waals surface area contributed by atoms with Gasteiger partial charge in [-0.2, -0.15) is 10.5 Å². The zero-order valence-electron chi connectivity index (χ0n) is 15.6. The zero-order chi connectivity index (χ0) is 21.3. The molecule has 30 heavy (non-hydrogen) atoms. The highest BCUT2D eigenvalue weighted by Gasteiger charge is 2.02. The number of hydrogen-bond donors (Lipinski definition) is 1. The molecule has 2 aromatic heterocycles. The minimum absolute atomic E-state index is 0.0311. The summed E-state index contributed by atoms with van der Waals surface area (Å²) < 4.78 is 11.1. The van der Waals surface area contributed by atoms with E-state index in [9.17, 15) is 0 Å². The first-order valence-corrected chi connectivity index (χ1v) is 9.56. The molecule has 1 N–H and O–H groups in total. The Balaban J connectivity index is 0.000000171. The summed E-state index contributed by atoms with van der Waals surface area (Å²) in [6, 6.07) is 18.3. The molecule has 4 aromatic rings. The van der Waals surface area contributed by atoms with Crippen LogP contribution in [0.4, 0.5) is 0 Å². The molecule has 0 amide bonds. The maximum atomic E-state index is 8.39. The van der Waals surface area contributed by atoms with Crippen molar-refractivity contribution >= 4 is 45.6 Å². The molecular weight excluding hydrogens is 420 g/mol. The van der Waals surface area contributed by atoms with Crippen molar-refractivity contribution in [2.75, 3.05) is 13.2 Å². The van der Waals surface area contributed by atoms with Crippen molar-refractivity contribution in [3.8, 4) is 23.6 Å². The van der Waals surface area contributed by atoms with Crippen molar-refractivity contribution in [3.05, 3.63) is 70.5 Å². The minimum Gasteiger partial charge on any atom is -0.479 e. The molecule has 0 radical (unpaired) electrons. The van der Waals surface area contributed by atoms with Crippen LogP contribution in [0.2, 0.25) is 5.02 Å². The van der Waals surface area contributed by atoms with Crippen LogP contribution in [-0.4, -0.2) is 23.2 Å². The number of nitrogens with zero attached hydrogens (tertiary/aromatic N) is 3. The monoisotopic (exact) mass is 434 g/mol. The van der Waals surface area contributed by atoms with Gasteiger partial charge in [-0.25, -0.2) is 0 Å². The van der Waals surface area contributed by atoms with E-state index >= 15 is 0 Å². The van der Waals surface area contributed by atoms with Crippen molar-refractivity contribution in [1.82, 2.24) is 9.97 Å². The van der Waals surface area contributed by atoms with E-state index in [1.165, 1.54) is 0 Å². The summed E-state index contributed by atoms with van der Waals surface area (Å²) in [5, 5.41) is 19.2. The van der Waals surface area contributed by atoms with Crippen molar-refractivity contribution in [1.29, 1.82) is 10.5 Å². The molecule has 0 saturated heterocycles. The van der Waals surface area contributed by atoms with Gasteiger partial charge in [0.2, 0.25) is 0 Å². The first kappa shape index (κ1) is 21.1. The molecular formula is C22H15ClN4O2S. The molecule has 0 spiro atoms. The molecule has 0 unspecified atom stereocenters. The van der Waals surface area contributed by atoms with Crippen LogP contribution in [0.25, 0.3) is 21.8 Å². The van der Waals surface area contributed by atoms with Crippen molar-refractivity contribution in [2.45, 2.75) is 0 Å². The minimum atomic E-state index is 0.0311. The Morgan fingerprint density at radius 1 is 0.933 bits per heavy atom. The summed E-state index contributed by atoms with van der Waals surface area (Å²) in [5.41, 5.74) is 1.78. The third-order valence-electron chi connectivity index (χ3n) is 4.00. The number of nitriles is 2. The molecule has 6 nitrogen and oxygen atoms in total. The Kier molecular flexibility index (Phi) is 7.18. The van der Waals surface area contributed by atoms with E-state index in [2.05, 4.69) is 9.97 Å². The second-order valence-corrected chi connectivity index (χ2v) is 6.76. The maximum absolute atomic E-state index is 8.39.